The van der Waals surface area contributed by atoms with Crippen LogP contribution in [0.25, 0.3) is 0 Å². The van der Waals surface area contributed by atoms with Crippen LogP contribution >= 0.6 is 0 Å². The summed E-state index contributed by atoms with van der Waals surface area (Å²) >= 11 is 0. The second-order valence-electron chi connectivity index (χ2n) is 7.17. The Kier molecular flexibility index (Phi) is 6.12. The number of carbonyl (C=O) groups excluding carboxylic acids is 2. The molecule has 0 radical (unpaired) electrons. The fourth-order valence-electron chi connectivity index (χ4n) is 3.28. The van der Waals surface area contributed by atoms with E-state index in [1.54, 1.807) is 11.6 Å². The number of benzene rings is 2. The fourth-order valence-corrected chi connectivity index (χ4v) is 3.28. The van der Waals surface area contributed by atoms with E-state index in [-0.39, 0.29) is 18.2 Å². The largest absolute Gasteiger partial charge is 0.326 e. The van der Waals surface area contributed by atoms with E-state index >= 15 is 0 Å². The van der Waals surface area contributed by atoms with Crippen molar-refractivity contribution in [1.82, 2.24) is 9.78 Å². The number of nitrogens with one attached hydrogen (secondary N) is 2. The van der Waals surface area contributed by atoms with Crippen LogP contribution in [0, 0.1) is 20.8 Å². The topological polar surface area (TPSA) is 76.0 Å². The first-order valence-corrected chi connectivity index (χ1v) is 9.62. The van der Waals surface area contributed by atoms with Crippen molar-refractivity contribution in [2.24, 2.45) is 0 Å². The minimum atomic E-state index is -0.498. The highest BCUT2D eigenvalue weighted by Crippen LogP contribution is 2.21. The van der Waals surface area contributed by atoms with Gasteiger partial charge in [-0.3, -0.25) is 14.3 Å². The molecular weight excluding hydrogens is 364 g/mol. The van der Waals surface area contributed by atoms with Crippen molar-refractivity contribution < 1.29 is 9.59 Å². The van der Waals surface area contributed by atoms with Crippen LogP contribution in [0.3, 0.4) is 0 Å². The molecule has 0 aliphatic heterocycles. The summed E-state index contributed by atoms with van der Waals surface area (Å²) in [5.74, 6) is -0.260. The van der Waals surface area contributed by atoms with E-state index in [4.69, 9.17) is 0 Å². The quantitative estimate of drug-likeness (QED) is 0.663. The number of aromatic nitrogens is 2. The Morgan fingerprint density at radius 1 is 0.966 bits per heavy atom. The smallest absolute Gasteiger partial charge is 0.248 e. The number of aryl methyl sites for hydroxylation is 2. The van der Waals surface area contributed by atoms with Crippen molar-refractivity contribution in [3.63, 3.8) is 0 Å². The van der Waals surface area contributed by atoms with E-state index < -0.39 is 6.04 Å². The lowest BCUT2D eigenvalue weighted by molar-refractivity contribution is -0.119. The molecule has 0 aliphatic rings. The average Bonchev–Trinajstić information content (AvgIpc) is 2.98. The van der Waals surface area contributed by atoms with Crippen molar-refractivity contribution in [2.75, 3.05) is 10.6 Å². The molecule has 0 aliphatic carbocycles. The standard InChI is InChI=1S/C23H26N4O2/c1-15-10-8-9-13-21(15)25-22(28)14-20-16(2)26-27(17(20)3)18(4)23(29)24-19-11-6-5-7-12-19/h5-13,18H,14H2,1-4H3,(H,24,29)(H,25,28). The molecule has 1 aromatic heterocycles. The summed E-state index contributed by atoms with van der Waals surface area (Å²) in [6, 6.07) is 16.5. The molecule has 6 heteroatoms. The van der Waals surface area contributed by atoms with E-state index in [9.17, 15) is 9.59 Å². The van der Waals surface area contributed by atoms with Crippen LogP contribution in [0.4, 0.5) is 11.4 Å². The number of carbonyl (C=O) groups is 2. The number of rotatable bonds is 6. The third-order valence-corrected chi connectivity index (χ3v) is 5.02. The van der Waals surface area contributed by atoms with Gasteiger partial charge in [-0.05, 0) is 51.5 Å². The zero-order valence-electron chi connectivity index (χ0n) is 17.2. The van der Waals surface area contributed by atoms with E-state index in [1.165, 1.54) is 0 Å². The lowest BCUT2D eigenvalue weighted by Gasteiger charge is -2.15. The van der Waals surface area contributed by atoms with Crippen LogP contribution < -0.4 is 10.6 Å². The molecule has 1 unspecified atom stereocenters. The summed E-state index contributed by atoms with van der Waals surface area (Å²) in [7, 11) is 0. The Morgan fingerprint density at radius 2 is 1.62 bits per heavy atom. The Morgan fingerprint density at radius 3 is 2.31 bits per heavy atom. The van der Waals surface area contributed by atoms with Crippen molar-refractivity contribution >= 4 is 23.2 Å². The first-order chi connectivity index (χ1) is 13.9. The van der Waals surface area contributed by atoms with Crippen LogP contribution in [0.1, 0.15) is 35.5 Å². The third-order valence-electron chi connectivity index (χ3n) is 5.02. The van der Waals surface area contributed by atoms with Gasteiger partial charge in [-0.25, -0.2) is 0 Å². The van der Waals surface area contributed by atoms with Gasteiger partial charge in [0.15, 0.2) is 0 Å². The minimum Gasteiger partial charge on any atom is -0.326 e. The fraction of sp³-hybridized carbons (Fsp3) is 0.261. The van der Waals surface area contributed by atoms with E-state index in [0.717, 1.165) is 33.9 Å². The first-order valence-electron chi connectivity index (χ1n) is 9.62. The number of amides is 2. The zero-order valence-corrected chi connectivity index (χ0v) is 17.2. The van der Waals surface area contributed by atoms with Crippen molar-refractivity contribution in [2.45, 2.75) is 40.2 Å². The predicted molar refractivity (Wildman–Crippen MR) is 115 cm³/mol. The molecule has 3 aromatic rings. The molecule has 1 heterocycles. The Labute approximate surface area is 170 Å². The molecule has 150 valence electrons. The molecule has 0 bridgehead atoms. The summed E-state index contributed by atoms with van der Waals surface area (Å²) in [6.07, 6.45) is 0.207. The van der Waals surface area contributed by atoms with Crippen LogP contribution in [0.5, 0.6) is 0 Å². The van der Waals surface area contributed by atoms with E-state index in [2.05, 4.69) is 15.7 Å². The monoisotopic (exact) mass is 390 g/mol. The van der Waals surface area contributed by atoms with Gasteiger partial charge in [0.25, 0.3) is 0 Å². The molecule has 0 spiro atoms. The molecule has 6 nitrogen and oxygen atoms in total. The molecule has 2 N–H and O–H groups in total. The summed E-state index contributed by atoms with van der Waals surface area (Å²) in [5.41, 5.74) is 4.96. The minimum absolute atomic E-state index is 0.105. The SMILES string of the molecule is Cc1ccccc1NC(=O)Cc1c(C)nn(C(C)C(=O)Nc2ccccc2)c1C. The second-order valence-corrected chi connectivity index (χ2v) is 7.17. The highest BCUT2D eigenvalue weighted by atomic mass is 16.2. The Hall–Kier alpha value is -3.41. The van der Waals surface area contributed by atoms with Crippen LogP contribution in [-0.4, -0.2) is 21.6 Å². The zero-order chi connectivity index (χ0) is 21.0. The van der Waals surface area contributed by atoms with Gasteiger partial charge in [0.05, 0.1) is 12.1 Å². The maximum atomic E-state index is 12.6. The Bertz CT molecular complexity index is 1020. The average molecular weight is 390 g/mol. The van der Waals surface area contributed by atoms with Crippen LogP contribution in [-0.2, 0) is 16.0 Å². The summed E-state index contributed by atoms with van der Waals surface area (Å²) < 4.78 is 1.68. The number of nitrogens with zero attached hydrogens (tertiary/aromatic N) is 2. The van der Waals surface area contributed by atoms with Gasteiger partial charge in [0, 0.05) is 22.6 Å². The van der Waals surface area contributed by atoms with E-state index in [0.29, 0.717) is 0 Å². The van der Waals surface area contributed by atoms with Gasteiger partial charge in [-0.2, -0.15) is 5.10 Å². The summed E-state index contributed by atoms with van der Waals surface area (Å²) in [6.45, 7) is 7.51. The Balaban J connectivity index is 1.73. The van der Waals surface area contributed by atoms with Crippen molar-refractivity contribution in [1.29, 1.82) is 0 Å². The molecule has 0 fully saturated rings. The maximum absolute atomic E-state index is 12.6. The van der Waals surface area contributed by atoms with Crippen molar-refractivity contribution in [3.8, 4) is 0 Å². The molecule has 1 atom stereocenters. The van der Waals surface area contributed by atoms with Gasteiger partial charge in [0.1, 0.15) is 6.04 Å². The molecule has 0 saturated carbocycles. The number of anilines is 2. The normalized spacial score (nSPS) is 11.7. The second kappa shape index (κ2) is 8.73. The highest BCUT2D eigenvalue weighted by Gasteiger charge is 2.22. The lowest BCUT2D eigenvalue weighted by Crippen LogP contribution is -2.25. The van der Waals surface area contributed by atoms with Gasteiger partial charge >= 0.3 is 0 Å². The van der Waals surface area contributed by atoms with Gasteiger partial charge in [-0.15, -0.1) is 0 Å². The summed E-state index contributed by atoms with van der Waals surface area (Å²) in [4.78, 5) is 25.2. The molecular formula is C23H26N4O2. The number of hydrogen-bond donors (Lipinski definition) is 2. The summed E-state index contributed by atoms with van der Waals surface area (Å²) in [5, 5.41) is 10.4. The molecule has 29 heavy (non-hydrogen) atoms. The van der Waals surface area contributed by atoms with Gasteiger partial charge < -0.3 is 10.6 Å². The first kappa shape index (κ1) is 20.3. The van der Waals surface area contributed by atoms with Crippen LogP contribution in [0.2, 0.25) is 0 Å². The molecule has 2 amide bonds. The molecule has 3 rings (SSSR count). The number of hydrogen-bond acceptors (Lipinski definition) is 3. The maximum Gasteiger partial charge on any atom is 0.248 e. The highest BCUT2D eigenvalue weighted by molar-refractivity contribution is 5.94. The predicted octanol–water partition coefficient (Wildman–Crippen LogP) is 4.19. The third kappa shape index (κ3) is 4.71. The van der Waals surface area contributed by atoms with Gasteiger partial charge in [0.2, 0.25) is 11.8 Å². The molecule has 2 aromatic carbocycles. The van der Waals surface area contributed by atoms with Crippen LogP contribution in [0.15, 0.2) is 54.6 Å². The van der Waals surface area contributed by atoms with Gasteiger partial charge in [-0.1, -0.05) is 36.4 Å². The molecule has 0 saturated heterocycles. The van der Waals surface area contributed by atoms with Crippen molar-refractivity contribution in [3.05, 3.63) is 77.1 Å². The lowest BCUT2D eigenvalue weighted by atomic mass is 10.1. The number of para-hydroxylation sites is 2. The van der Waals surface area contributed by atoms with E-state index in [1.807, 2.05) is 75.4 Å².